The molecule has 26 heavy (non-hydrogen) atoms. The normalized spacial score (nSPS) is 13.6. The number of fused-ring (bicyclic) bond motifs is 2. The van der Waals surface area contributed by atoms with Crippen molar-refractivity contribution in [1.82, 2.24) is 15.3 Å². The van der Waals surface area contributed by atoms with Gasteiger partial charge in [-0.15, -0.1) is 0 Å². The fourth-order valence-corrected chi connectivity index (χ4v) is 3.61. The zero-order valence-electron chi connectivity index (χ0n) is 14.1. The Morgan fingerprint density at radius 3 is 2.96 bits per heavy atom. The lowest BCUT2D eigenvalue weighted by Gasteiger charge is -2.13. The largest absolute Gasteiger partial charge is 0.454 e. The molecule has 0 saturated carbocycles. The van der Waals surface area contributed by atoms with Crippen molar-refractivity contribution in [1.29, 1.82) is 0 Å². The van der Waals surface area contributed by atoms with Gasteiger partial charge in [-0.05, 0) is 30.7 Å². The SMILES string of the molecule is CC(Sc1ncnc2ccccc12)C(=O)NCc1ccc2c(c1)OCO2. The number of carbonyl (C=O) groups is 1. The maximum Gasteiger partial charge on any atom is 0.233 e. The molecule has 1 unspecified atom stereocenters. The Bertz CT molecular complexity index is 958. The summed E-state index contributed by atoms with van der Waals surface area (Å²) in [5, 5.41) is 4.44. The molecule has 2 aromatic carbocycles. The minimum Gasteiger partial charge on any atom is -0.454 e. The number of amides is 1. The van der Waals surface area contributed by atoms with Crippen molar-refractivity contribution in [3.05, 3.63) is 54.4 Å². The highest BCUT2D eigenvalue weighted by atomic mass is 32.2. The Labute approximate surface area is 154 Å². The van der Waals surface area contributed by atoms with E-state index in [9.17, 15) is 4.79 Å². The number of nitrogens with one attached hydrogen (secondary N) is 1. The second-order valence-corrected chi connectivity index (χ2v) is 7.19. The van der Waals surface area contributed by atoms with Crippen molar-refractivity contribution in [2.45, 2.75) is 23.7 Å². The molecule has 1 atom stereocenters. The Hall–Kier alpha value is -2.80. The van der Waals surface area contributed by atoms with Crippen LogP contribution in [0.4, 0.5) is 0 Å². The Morgan fingerprint density at radius 1 is 1.19 bits per heavy atom. The van der Waals surface area contributed by atoms with Gasteiger partial charge in [-0.1, -0.05) is 36.0 Å². The number of nitrogens with zero attached hydrogens (tertiary/aromatic N) is 2. The van der Waals surface area contributed by atoms with Gasteiger partial charge in [0.1, 0.15) is 11.4 Å². The molecule has 1 aliphatic heterocycles. The molecule has 6 nitrogen and oxygen atoms in total. The van der Waals surface area contributed by atoms with Crippen LogP contribution < -0.4 is 14.8 Å². The van der Waals surface area contributed by atoms with Crippen LogP contribution in [-0.4, -0.2) is 27.9 Å². The third-order valence-corrected chi connectivity index (χ3v) is 5.18. The Kier molecular flexibility index (Phi) is 4.62. The quantitative estimate of drug-likeness (QED) is 0.552. The van der Waals surface area contributed by atoms with E-state index in [4.69, 9.17) is 9.47 Å². The predicted molar refractivity (Wildman–Crippen MR) is 99.3 cm³/mol. The molecule has 0 spiro atoms. The summed E-state index contributed by atoms with van der Waals surface area (Å²) in [6.45, 7) is 2.55. The summed E-state index contributed by atoms with van der Waals surface area (Å²) >= 11 is 1.43. The Morgan fingerprint density at radius 2 is 2.04 bits per heavy atom. The number of carbonyl (C=O) groups excluding carboxylic acids is 1. The summed E-state index contributed by atoms with van der Waals surface area (Å²) in [4.78, 5) is 21.0. The van der Waals surface area contributed by atoms with Gasteiger partial charge in [0, 0.05) is 11.9 Å². The van der Waals surface area contributed by atoms with Crippen LogP contribution in [0, 0.1) is 0 Å². The molecule has 7 heteroatoms. The lowest BCUT2D eigenvalue weighted by molar-refractivity contribution is -0.120. The first kappa shape index (κ1) is 16.7. The van der Waals surface area contributed by atoms with Crippen LogP contribution in [-0.2, 0) is 11.3 Å². The molecule has 0 bridgehead atoms. The highest BCUT2D eigenvalue weighted by molar-refractivity contribution is 8.00. The lowest BCUT2D eigenvalue weighted by atomic mass is 10.2. The van der Waals surface area contributed by atoms with Gasteiger partial charge in [0.15, 0.2) is 11.5 Å². The first-order chi connectivity index (χ1) is 12.7. The second kappa shape index (κ2) is 7.21. The van der Waals surface area contributed by atoms with E-state index in [0.29, 0.717) is 12.3 Å². The predicted octanol–water partition coefficient (Wildman–Crippen LogP) is 3.16. The smallest absolute Gasteiger partial charge is 0.233 e. The molecule has 1 aliphatic rings. The van der Waals surface area contributed by atoms with Crippen LogP contribution in [0.1, 0.15) is 12.5 Å². The topological polar surface area (TPSA) is 73.3 Å². The van der Waals surface area contributed by atoms with Crippen molar-refractivity contribution in [2.75, 3.05) is 6.79 Å². The van der Waals surface area contributed by atoms with Crippen LogP contribution in [0.3, 0.4) is 0 Å². The van der Waals surface area contributed by atoms with Crippen LogP contribution in [0.25, 0.3) is 10.9 Å². The molecule has 0 aliphatic carbocycles. The molecule has 1 N–H and O–H groups in total. The number of hydrogen-bond acceptors (Lipinski definition) is 6. The fourth-order valence-electron chi connectivity index (χ4n) is 2.68. The van der Waals surface area contributed by atoms with E-state index in [2.05, 4.69) is 15.3 Å². The molecule has 1 aromatic heterocycles. The Balaban J connectivity index is 1.40. The van der Waals surface area contributed by atoms with Crippen molar-refractivity contribution >= 4 is 28.6 Å². The maximum absolute atomic E-state index is 12.5. The lowest BCUT2D eigenvalue weighted by Crippen LogP contribution is -2.30. The summed E-state index contributed by atoms with van der Waals surface area (Å²) in [6, 6.07) is 13.4. The molecule has 0 saturated heterocycles. The van der Waals surface area contributed by atoms with Crippen LogP contribution >= 0.6 is 11.8 Å². The molecule has 0 fully saturated rings. The highest BCUT2D eigenvalue weighted by Crippen LogP contribution is 2.32. The van der Waals surface area contributed by atoms with E-state index < -0.39 is 0 Å². The van der Waals surface area contributed by atoms with Gasteiger partial charge in [0.25, 0.3) is 0 Å². The van der Waals surface area contributed by atoms with Crippen molar-refractivity contribution in [2.24, 2.45) is 0 Å². The molecule has 1 amide bonds. The minimum absolute atomic E-state index is 0.0460. The third kappa shape index (κ3) is 3.43. The van der Waals surface area contributed by atoms with Gasteiger partial charge in [-0.3, -0.25) is 4.79 Å². The first-order valence-electron chi connectivity index (χ1n) is 8.23. The number of benzene rings is 2. The first-order valence-corrected chi connectivity index (χ1v) is 9.11. The van der Waals surface area contributed by atoms with E-state index in [0.717, 1.165) is 27.2 Å². The number of rotatable bonds is 5. The zero-order valence-corrected chi connectivity index (χ0v) is 15.0. The van der Waals surface area contributed by atoms with E-state index in [-0.39, 0.29) is 18.0 Å². The summed E-state index contributed by atoms with van der Waals surface area (Å²) in [7, 11) is 0. The molecular weight excluding hydrogens is 350 g/mol. The molecule has 4 rings (SSSR count). The third-order valence-electron chi connectivity index (χ3n) is 4.07. The van der Waals surface area contributed by atoms with Gasteiger partial charge in [-0.25, -0.2) is 9.97 Å². The van der Waals surface area contributed by atoms with Crippen LogP contribution in [0.5, 0.6) is 11.5 Å². The maximum atomic E-state index is 12.5. The molecule has 132 valence electrons. The van der Waals surface area contributed by atoms with Crippen LogP contribution in [0.15, 0.2) is 53.8 Å². The van der Waals surface area contributed by atoms with Gasteiger partial charge in [0.2, 0.25) is 12.7 Å². The second-order valence-electron chi connectivity index (χ2n) is 5.86. The molecule has 0 radical (unpaired) electrons. The number of thioether (sulfide) groups is 1. The zero-order chi connectivity index (χ0) is 17.9. The summed E-state index contributed by atoms with van der Waals surface area (Å²) in [5.41, 5.74) is 1.84. The summed E-state index contributed by atoms with van der Waals surface area (Å²) < 4.78 is 10.7. The molecule has 3 aromatic rings. The average molecular weight is 367 g/mol. The summed E-state index contributed by atoms with van der Waals surface area (Å²) in [6.07, 6.45) is 1.53. The highest BCUT2D eigenvalue weighted by Gasteiger charge is 2.18. The van der Waals surface area contributed by atoms with E-state index in [1.807, 2.05) is 49.4 Å². The van der Waals surface area contributed by atoms with Crippen molar-refractivity contribution in [3.8, 4) is 11.5 Å². The minimum atomic E-state index is -0.276. The van der Waals surface area contributed by atoms with Gasteiger partial charge in [0.05, 0.1) is 10.8 Å². The van der Waals surface area contributed by atoms with Crippen molar-refractivity contribution in [3.63, 3.8) is 0 Å². The fraction of sp³-hybridized carbons (Fsp3) is 0.211. The van der Waals surface area contributed by atoms with Crippen molar-refractivity contribution < 1.29 is 14.3 Å². The van der Waals surface area contributed by atoms with Gasteiger partial charge < -0.3 is 14.8 Å². The molecular formula is C19H17N3O3S. The molecule has 2 heterocycles. The number of para-hydroxylation sites is 1. The summed E-state index contributed by atoms with van der Waals surface area (Å²) in [5.74, 6) is 1.40. The van der Waals surface area contributed by atoms with E-state index in [1.54, 1.807) is 0 Å². The number of aromatic nitrogens is 2. The number of ether oxygens (including phenoxy) is 2. The van der Waals surface area contributed by atoms with E-state index >= 15 is 0 Å². The van der Waals surface area contributed by atoms with Gasteiger partial charge >= 0.3 is 0 Å². The monoisotopic (exact) mass is 367 g/mol. The van der Waals surface area contributed by atoms with Gasteiger partial charge in [-0.2, -0.15) is 0 Å². The average Bonchev–Trinajstić information content (AvgIpc) is 3.14. The number of hydrogen-bond donors (Lipinski definition) is 1. The standard InChI is InChI=1S/C19H17N3O3S/c1-12(26-19-14-4-2-3-5-15(14)21-10-22-19)18(23)20-9-13-6-7-16-17(8-13)25-11-24-16/h2-8,10,12H,9,11H2,1H3,(H,20,23). The van der Waals surface area contributed by atoms with Crippen LogP contribution in [0.2, 0.25) is 0 Å². The van der Waals surface area contributed by atoms with E-state index in [1.165, 1.54) is 18.1 Å².